The molecule has 0 aliphatic carbocycles. The molecule has 0 aliphatic rings. The van der Waals surface area contributed by atoms with Gasteiger partial charge in [-0.25, -0.2) is 10.7 Å². The average molecular weight is 621 g/mol. The van der Waals surface area contributed by atoms with Crippen LogP contribution >= 0.6 is 0 Å². The molecule has 0 heterocycles. The molecule has 1 aromatic carbocycles. The fourth-order valence-corrected chi connectivity index (χ4v) is 4.74. The van der Waals surface area contributed by atoms with Crippen molar-refractivity contribution >= 4 is 35.3 Å². The zero-order valence-corrected chi connectivity index (χ0v) is 27.0. The van der Waals surface area contributed by atoms with E-state index in [4.69, 9.17) is 16.4 Å². The Balaban J connectivity index is 2.78. The summed E-state index contributed by atoms with van der Waals surface area (Å²) in [5.41, 5.74) is 6.84. The molecule has 0 saturated carbocycles. The van der Waals surface area contributed by atoms with Gasteiger partial charge in [0.05, 0.1) is 12.6 Å². The molecule has 1 aromatic rings. The number of benzene rings is 1. The second-order valence-electron chi connectivity index (χ2n) is 11.6. The maximum Gasteiger partial charge on any atom is 0.410 e. The number of carbonyl (C=O) groups is 5. The van der Waals surface area contributed by atoms with Crippen LogP contribution in [0, 0.1) is 11.8 Å². The van der Waals surface area contributed by atoms with E-state index in [-0.39, 0.29) is 36.6 Å². The molecular formula is C31H52N6O7. The van der Waals surface area contributed by atoms with E-state index in [1.165, 1.54) is 18.9 Å². The maximum atomic E-state index is 13.2. The van der Waals surface area contributed by atoms with Gasteiger partial charge >= 0.3 is 6.09 Å². The highest BCUT2D eigenvalue weighted by molar-refractivity contribution is 5.98. The van der Waals surface area contributed by atoms with Crippen LogP contribution in [0.2, 0.25) is 0 Å². The summed E-state index contributed by atoms with van der Waals surface area (Å²) in [6, 6.07) is 4.48. The topological polar surface area (TPSA) is 195 Å². The minimum Gasteiger partial charge on any atom is -0.445 e. The predicted octanol–water partition coefficient (Wildman–Crippen LogP) is 2.62. The number of nitrogens with one attached hydrogen (secondary N) is 3. The molecule has 3 atom stereocenters. The summed E-state index contributed by atoms with van der Waals surface area (Å²) in [7, 11) is 1.53. The molecular weight excluding hydrogens is 568 g/mol. The quantitative estimate of drug-likeness (QED) is 0.108. The van der Waals surface area contributed by atoms with Crippen LogP contribution in [0.1, 0.15) is 78.7 Å². The molecule has 7 N–H and O–H groups in total. The molecule has 0 fully saturated rings. The largest absolute Gasteiger partial charge is 0.445 e. The highest BCUT2D eigenvalue weighted by Crippen LogP contribution is 2.15. The van der Waals surface area contributed by atoms with Crippen LogP contribution in [0.3, 0.4) is 0 Å². The Morgan fingerprint density at radius 3 is 2.09 bits per heavy atom. The van der Waals surface area contributed by atoms with Crippen molar-refractivity contribution in [1.29, 1.82) is 0 Å². The van der Waals surface area contributed by atoms with Crippen LogP contribution in [0.15, 0.2) is 24.3 Å². The lowest BCUT2D eigenvalue weighted by Gasteiger charge is -2.28. The minimum absolute atomic E-state index is 0.0142. The fraction of sp³-hybridized carbons (Fsp3) is 0.645. The summed E-state index contributed by atoms with van der Waals surface area (Å²) in [5, 5.41) is 8.38. The molecule has 0 aliphatic heterocycles. The van der Waals surface area contributed by atoms with Gasteiger partial charge in [-0.05, 0) is 68.7 Å². The van der Waals surface area contributed by atoms with Gasteiger partial charge in [0, 0.05) is 19.2 Å². The number of hydrogen-bond donors (Lipinski definition) is 5. The van der Waals surface area contributed by atoms with E-state index in [0.29, 0.717) is 43.7 Å². The molecule has 0 radical (unpaired) electrons. The van der Waals surface area contributed by atoms with Crippen molar-refractivity contribution in [3.05, 3.63) is 29.8 Å². The monoisotopic (exact) mass is 620 g/mol. The molecule has 13 heteroatoms. The summed E-state index contributed by atoms with van der Waals surface area (Å²) in [6.07, 6.45) is 2.63. The number of ketones is 1. The molecule has 248 valence electrons. The Bertz CT molecular complexity index is 1060. The molecule has 0 unspecified atom stereocenters. The van der Waals surface area contributed by atoms with E-state index < -0.39 is 36.0 Å². The smallest absolute Gasteiger partial charge is 0.410 e. The van der Waals surface area contributed by atoms with Gasteiger partial charge in [0.1, 0.15) is 18.7 Å². The molecule has 0 spiro atoms. The lowest BCUT2D eigenvalue weighted by molar-refractivity contribution is -0.132. The van der Waals surface area contributed by atoms with Crippen molar-refractivity contribution in [2.75, 3.05) is 25.5 Å². The lowest BCUT2D eigenvalue weighted by atomic mass is 10.00. The van der Waals surface area contributed by atoms with Crippen molar-refractivity contribution in [2.45, 2.75) is 97.9 Å². The van der Waals surface area contributed by atoms with Gasteiger partial charge < -0.3 is 36.2 Å². The van der Waals surface area contributed by atoms with Crippen LogP contribution in [-0.2, 0) is 35.4 Å². The van der Waals surface area contributed by atoms with Gasteiger partial charge in [0.15, 0.2) is 5.78 Å². The van der Waals surface area contributed by atoms with Gasteiger partial charge in [-0.3, -0.25) is 19.2 Å². The van der Waals surface area contributed by atoms with Crippen molar-refractivity contribution in [1.82, 2.24) is 15.5 Å². The summed E-state index contributed by atoms with van der Waals surface area (Å²) < 4.78 is 5.37. The highest BCUT2D eigenvalue weighted by Gasteiger charge is 2.29. The van der Waals surface area contributed by atoms with Crippen molar-refractivity contribution < 1.29 is 33.5 Å². The molecule has 4 amide bonds. The van der Waals surface area contributed by atoms with Gasteiger partial charge in [0.25, 0.3) is 0 Å². The molecule has 13 nitrogen and oxygen atoms in total. The SMILES string of the molecule is CC(=O)[C@H](C(C)C)N(C)C(=O)OCc1ccc(NC(=O)[C@H](CCCN)NC(=O)[C@@H](NC(=O)CCCCCON)C(C)C)cc1. The molecule has 0 saturated heterocycles. The molecule has 44 heavy (non-hydrogen) atoms. The van der Waals surface area contributed by atoms with E-state index >= 15 is 0 Å². The van der Waals surface area contributed by atoms with Crippen molar-refractivity contribution in [2.24, 2.45) is 23.5 Å². The Hall–Kier alpha value is -3.55. The number of nitrogens with zero attached hydrogens (tertiary/aromatic N) is 1. The summed E-state index contributed by atoms with van der Waals surface area (Å²) in [6.45, 7) is 9.55. The fourth-order valence-electron chi connectivity index (χ4n) is 4.74. The number of nitrogens with two attached hydrogens (primary N) is 2. The summed E-state index contributed by atoms with van der Waals surface area (Å²) in [4.78, 5) is 69.0. The molecule has 1 rings (SSSR count). The number of unbranched alkanes of at least 4 members (excludes halogenated alkanes) is 2. The number of anilines is 1. The number of rotatable bonds is 20. The number of Topliss-reactive ketones (excluding diaryl/α,β-unsaturated/α-hetero) is 1. The zero-order valence-electron chi connectivity index (χ0n) is 27.0. The molecule has 0 aromatic heterocycles. The summed E-state index contributed by atoms with van der Waals surface area (Å²) in [5.74, 6) is 3.51. The minimum atomic E-state index is -0.869. The van der Waals surface area contributed by atoms with Crippen LogP contribution in [0.25, 0.3) is 0 Å². The highest BCUT2D eigenvalue weighted by atomic mass is 16.6. The number of likely N-dealkylation sites (N-methyl/N-ethyl adjacent to an activating group) is 1. The Morgan fingerprint density at radius 1 is 0.886 bits per heavy atom. The van der Waals surface area contributed by atoms with Gasteiger partial charge in [-0.1, -0.05) is 46.2 Å². The standard InChI is InChI=1S/C31H52N6O7/c1-20(2)27(36-26(39)12-8-7-9-18-44-33)30(41)35-25(11-10-17-32)29(40)34-24-15-13-23(14-16-24)19-43-31(42)37(6)28(21(3)4)22(5)38/h13-16,20-21,25,27-28H,7-12,17-19,32-33H2,1-6H3,(H,34,40)(H,35,41)(H,36,39)/t25-,27-,28-/m0/s1. The Kier molecular flexibility index (Phi) is 17.9. The van der Waals surface area contributed by atoms with Gasteiger partial charge in [0.2, 0.25) is 17.7 Å². The Labute approximate surface area is 261 Å². The lowest BCUT2D eigenvalue weighted by Crippen LogP contribution is -2.54. The average Bonchev–Trinajstić information content (AvgIpc) is 2.96. The first-order valence-corrected chi connectivity index (χ1v) is 15.2. The third kappa shape index (κ3) is 13.8. The second-order valence-corrected chi connectivity index (χ2v) is 11.6. The second kappa shape index (κ2) is 20.4. The van der Waals surface area contributed by atoms with E-state index in [0.717, 1.165) is 12.8 Å². The third-order valence-electron chi connectivity index (χ3n) is 7.10. The number of ether oxygens (including phenoxy) is 1. The van der Waals surface area contributed by atoms with Crippen LogP contribution in [0.4, 0.5) is 10.5 Å². The van der Waals surface area contributed by atoms with E-state index in [1.54, 1.807) is 24.3 Å². The number of amides is 4. The Morgan fingerprint density at radius 2 is 1.55 bits per heavy atom. The first-order valence-electron chi connectivity index (χ1n) is 15.2. The predicted molar refractivity (Wildman–Crippen MR) is 168 cm³/mol. The van der Waals surface area contributed by atoms with Gasteiger partial charge in [-0.15, -0.1) is 0 Å². The first kappa shape index (κ1) is 38.5. The van der Waals surface area contributed by atoms with Crippen LogP contribution < -0.4 is 27.6 Å². The normalized spacial score (nSPS) is 13.1. The zero-order chi connectivity index (χ0) is 33.2. The van der Waals surface area contributed by atoms with Crippen LogP contribution in [0.5, 0.6) is 0 Å². The van der Waals surface area contributed by atoms with E-state index in [9.17, 15) is 24.0 Å². The number of hydrogen-bond acceptors (Lipinski definition) is 9. The van der Waals surface area contributed by atoms with E-state index in [1.807, 2.05) is 27.7 Å². The van der Waals surface area contributed by atoms with Gasteiger partial charge in [-0.2, -0.15) is 0 Å². The van der Waals surface area contributed by atoms with Crippen LogP contribution in [-0.4, -0.2) is 72.8 Å². The molecule has 0 bridgehead atoms. The first-order chi connectivity index (χ1) is 20.8. The third-order valence-corrected chi connectivity index (χ3v) is 7.10. The number of carbonyl (C=O) groups excluding carboxylic acids is 5. The van der Waals surface area contributed by atoms with Crippen molar-refractivity contribution in [3.63, 3.8) is 0 Å². The maximum absolute atomic E-state index is 13.2. The van der Waals surface area contributed by atoms with Crippen molar-refractivity contribution in [3.8, 4) is 0 Å². The summed E-state index contributed by atoms with van der Waals surface area (Å²) >= 11 is 0. The van der Waals surface area contributed by atoms with E-state index in [2.05, 4.69) is 20.8 Å².